The van der Waals surface area contributed by atoms with Crippen molar-refractivity contribution in [3.8, 4) is 5.82 Å². The highest BCUT2D eigenvalue weighted by atomic mass is 16.5. The number of aromatic nitrogens is 3. The van der Waals surface area contributed by atoms with Crippen LogP contribution in [0.15, 0.2) is 61.3 Å². The average Bonchev–Trinajstić information content (AvgIpc) is 3.43. The van der Waals surface area contributed by atoms with Gasteiger partial charge in [-0.05, 0) is 36.1 Å². The molecule has 4 rings (SSSR count). The fourth-order valence-electron chi connectivity index (χ4n) is 3.50. The summed E-state index contributed by atoms with van der Waals surface area (Å²) in [5.74, 6) is -0.286. The van der Waals surface area contributed by atoms with Crippen LogP contribution in [0.1, 0.15) is 37.3 Å². The molecule has 0 spiro atoms. The third-order valence-corrected chi connectivity index (χ3v) is 5.32. The molecule has 1 saturated heterocycles. The zero-order valence-corrected chi connectivity index (χ0v) is 17.1. The molecule has 0 aliphatic carbocycles. The Morgan fingerprint density at radius 1 is 1.20 bits per heavy atom. The van der Waals surface area contributed by atoms with Crippen molar-refractivity contribution in [2.45, 2.75) is 32.8 Å². The SMILES string of the molecule is CC(C)c1ccc(N2CCC(C(=O)OCc3ccc(-n4ccnc4)nc3)C2=O)cc1. The normalized spacial score (nSPS) is 16.3. The van der Waals surface area contributed by atoms with Crippen molar-refractivity contribution in [2.75, 3.05) is 11.4 Å². The Kier molecular flexibility index (Phi) is 5.61. The first-order chi connectivity index (χ1) is 14.5. The fraction of sp³-hybridized carbons (Fsp3) is 0.304. The van der Waals surface area contributed by atoms with Crippen molar-refractivity contribution >= 4 is 17.6 Å². The molecule has 30 heavy (non-hydrogen) atoms. The first-order valence-electron chi connectivity index (χ1n) is 10.0. The van der Waals surface area contributed by atoms with E-state index < -0.39 is 11.9 Å². The Hall–Kier alpha value is -3.48. The molecule has 154 valence electrons. The number of carbonyl (C=O) groups is 2. The number of hydrogen-bond acceptors (Lipinski definition) is 5. The molecule has 1 aliphatic rings. The van der Waals surface area contributed by atoms with E-state index in [9.17, 15) is 9.59 Å². The van der Waals surface area contributed by atoms with Crippen LogP contribution in [-0.4, -0.2) is 33.0 Å². The Bertz CT molecular complexity index is 1010. The Morgan fingerprint density at radius 3 is 2.63 bits per heavy atom. The van der Waals surface area contributed by atoms with Crippen LogP contribution in [0.5, 0.6) is 0 Å². The summed E-state index contributed by atoms with van der Waals surface area (Å²) in [6.07, 6.45) is 7.26. The number of ether oxygens (including phenoxy) is 1. The molecule has 0 N–H and O–H groups in total. The molecule has 1 fully saturated rings. The van der Waals surface area contributed by atoms with Crippen molar-refractivity contribution in [1.82, 2.24) is 14.5 Å². The maximum absolute atomic E-state index is 12.8. The number of imidazole rings is 1. The van der Waals surface area contributed by atoms with Crippen LogP contribution in [0, 0.1) is 5.92 Å². The van der Waals surface area contributed by atoms with Crippen molar-refractivity contribution in [1.29, 1.82) is 0 Å². The summed E-state index contributed by atoms with van der Waals surface area (Å²) in [6.45, 7) is 4.86. The van der Waals surface area contributed by atoms with Crippen molar-refractivity contribution in [3.05, 3.63) is 72.4 Å². The van der Waals surface area contributed by atoms with Gasteiger partial charge in [0.2, 0.25) is 5.91 Å². The van der Waals surface area contributed by atoms with Gasteiger partial charge in [-0.25, -0.2) is 9.97 Å². The molecule has 7 nitrogen and oxygen atoms in total. The van der Waals surface area contributed by atoms with E-state index in [-0.39, 0.29) is 12.5 Å². The van der Waals surface area contributed by atoms with Crippen LogP contribution in [0.4, 0.5) is 5.69 Å². The number of pyridine rings is 1. The smallest absolute Gasteiger partial charge is 0.318 e. The lowest BCUT2D eigenvalue weighted by atomic mass is 10.0. The minimum absolute atomic E-state index is 0.0862. The topological polar surface area (TPSA) is 77.3 Å². The van der Waals surface area contributed by atoms with Gasteiger partial charge < -0.3 is 9.64 Å². The van der Waals surface area contributed by atoms with Crippen LogP contribution in [0.3, 0.4) is 0 Å². The first-order valence-corrected chi connectivity index (χ1v) is 10.0. The van der Waals surface area contributed by atoms with E-state index in [1.807, 2.05) is 36.4 Å². The van der Waals surface area contributed by atoms with Crippen LogP contribution in [0.25, 0.3) is 5.82 Å². The van der Waals surface area contributed by atoms with Crippen molar-refractivity contribution in [2.24, 2.45) is 5.92 Å². The van der Waals surface area contributed by atoms with Crippen LogP contribution >= 0.6 is 0 Å². The van der Waals surface area contributed by atoms with E-state index in [0.717, 1.165) is 17.1 Å². The lowest BCUT2D eigenvalue weighted by molar-refractivity contribution is -0.152. The lowest BCUT2D eigenvalue weighted by Crippen LogP contribution is -2.31. The summed E-state index contributed by atoms with van der Waals surface area (Å²) in [4.78, 5) is 35.3. The number of esters is 1. The number of anilines is 1. The van der Waals surface area contributed by atoms with Gasteiger partial charge in [0.1, 0.15) is 24.7 Å². The predicted molar refractivity (Wildman–Crippen MR) is 112 cm³/mol. The molecule has 7 heteroatoms. The van der Waals surface area contributed by atoms with Gasteiger partial charge in [-0.3, -0.25) is 14.2 Å². The molecule has 0 bridgehead atoms. The van der Waals surface area contributed by atoms with Crippen molar-refractivity contribution < 1.29 is 14.3 Å². The number of amides is 1. The van der Waals surface area contributed by atoms with E-state index in [1.54, 1.807) is 34.4 Å². The summed E-state index contributed by atoms with van der Waals surface area (Å²) in [5, 5.41) is 0. The standard InChI is InChI=1S/C23H24N4O3/c1-16(2)18-4-6-19(7-5-18)27-11-9-20(22(27)28)23(29)30-14-17-3-8-21(25-13-17)26-12-10-24-15-26/h3-8,10,12-13,15-16,20H,9,11,14H2,1-2H3. The molecule has 1 atom stereocenters. The highest BCUT2D eigenvalue weighted by molar-refractivity contribution is 6.08. The van der Waals surface area contributed by atoms with Gasteiger partial charge >= 0.3 is 5.97 Å². The van der Waals surface area contributed by atoms with Gasteiger partial charge in [-0.2, -0.15) is 0 Å². The summed E-state index contributed by atoms with van der Waals surface area (Å²) in [5.41, 5.74) is 2.80. The summed E-state index contributed by atoms with van der Waals surface area (Å²) in [7, 11) is 0. The average molecular weight is 404 g/mol. The van der Waals surface area contributed by atoms with Crippen LogP contribution < -0.4 is 4.90 Å². The third kappa shape index (κ3) is 4.10. The van der Waals surface area contributed by atoms with E-state index in [1.165, 1.54) is 5.56 Å². The van der Waals surface area contributed by atoms with E-state index in [0.29, 0.717) is 18.9 Å². The molecule has 1 unspecified atom stereocenters. The minimum atomic E-state index is -0.757. The molecule has 1 amide bonds. The number of carbonyl (C=O) groups excluding carboxylic acids is 2. The zero-order chi connectivity index (χ0) is 21.1. The quantitative estimate of drug-likeness (QED) is 0.464. The molecular formula is C23H24N4O3. The number of benzene rings is 1. The fourth-order valence-corrected chi connectivity index (χ4v) is 3.50. The molecule has 3 aromatic rings. The van der Waals surface area contributed by atoms with Crippen LogP contribution in [0.2, 0.25) is 0 Å². The van der Waals surface area contributed by atoms with E-state index in [4.69, 9.17) is 4.74 Å². The number of hydrogen-bond donors (Lipinski definition) is 0. The molecule has 0 radical (unpaired) electrons. The van der Waals surface area contributed by atoms with Gasteiger partial charge in [0.25, 0.3) is 0 Å². The Labute approximate surface area is 175 Å². The summed E-state index contributed by atoms with van der Waals surface area (Å²) >= 11 is 0. The molecule has 1 aliphatic heterocycles. The molecule has 1 aromatic carbocycles. The maximum Gasteiger partial charge on any atom is 0.318 e. The summed E-state index contributed by atoms with van der Waals surface area (Å²) < 4.78 is 7.19. The second-order valence-corrected chi connectivity index (χ2v) is 7.68. The highest BCUT2D eigenvalue weighted by Crippen LogP contribution is 2.27. The first kappa shape index (κ1) is 19.8. The molecule has 3 heterocycles. The number of rotatable bonds is 6. The van der Waals surface area contributed by atoms with Gasteiger partial charge in [0.15, 0.2) is 0 Å². The van der Waals surface area contributed by atoms with Gasteiger partial charge in [-0.1, -0.05) is 32.0 Å². The number of nitrogens with zero attached hydrogens (tertiary/aromatic N) is 4. The Morgan fingerprint density at radius 2 is 2.00 bits per heavy atom. The molecule has 0 saturated carbocycles. The van der Waals surface area contributed by atoms with Crippen molar-refractivity contribution in [3.63, 3.8) is 0 Å². The van der Waals surface area contributed by atoms with Gasteiger partial charge in [0.05, 0.1) is 0 Å². The molecule has 2 aromatic heterocycles. The highest BCUT2D eigenvalue weighted by Gasteiger charge is 2.38. The Balaban J connectivity index is 1.34. The lowest BCUT2D eigenvalue weighted by Gasteiger charge is -2.17. The monoisotopic (exact) mass is 404 g/mol. The van der Waals surface area contributed by atoms with Gasteiger partial charge in [0, 0.05) is 36.4 Å². The molecular weight excluding hydrogens is 380 g/mol. The van der Waals surface area contributed by atoms with E-state index in [2.05, 4.69) is 23.8 Å². The second kappa shape index (κ2) is 8.49. The predicted octanol–water partition coefficient (Wildman–Crippen LogP) is 3.49. The zero-order valence-electron chi connectivity index (χ0n) is 17.1. The maximum atomic E-state index is 12.8. The third-order valence-electron chi connectivity index (χ3n) is 5.32. The second-order valence-electron chi connectivity index (χ2n) is 7.68. The van der Waals surface area contributed by atoms with Gasteiger partial charge in [-0.15, -0.1) is 0 Å². The largest absolute Gasteiger partial charge is 0.460 e. The summed E-state index contributed by atoms with van der Waals surface area (Å²) in [6, 6.07) is 11.6. The van der Waals surface area contributed by atoms with Crippen LogP contribution in [-0.2, 0) is 20.9 Å². The minimum Gasteiger partial charge on any atom is -0.460 e. The van der Waals surface area contributed by atoms with E-state index >= 15 is 0 Å².